The molecule has 1 aliphatic heterocycles. The lowest BCUT2D eigenvalue weighted by molar-refractivity contribution is -0.116. The molecule has 0 aliphatic carbocycles. The minimum atomic E-state index is -3.86. The van der Waals surface area contributed by atoms with Crippen molar-refractivity contribution in [2.24, 2.45) is 0 Å². The molecule has 0 spiro atoms. The van der Waals surface area contributed by atoms with Crippen molar-refractivity contribution in [3.8, 4) is 0 Å². The first-order valence-corrected chi connectivity index (χ1v) is 12.0. The number of rotatable bonds is 7. The zero-order valence-electron chi connectivity index (χ0n) is 16.3. The highest BCUT2D eigenvalue weighted by molar-refractivity contribution is 7.94. The molecule has 1 atom stereocenters. The van der Waals surface area contributed by atoms with E-state index in [1.807, 2.05) is 19.0 Å². The van der Waals surface area contributed by atoms with Gasteiger partial charge in [0.15, 0.2) is 0 Å². The second-order valence-corrected chi connectivity index (χ2v) is 10.7. The number of nitrogens with one attached hydrogen (secondary N) is 1. The van der Waals surface area contributed by atoms with E-state index in [2.05, 4.69) is 4.72 Å². The molecule has 1 unspecified atom stereocenters. The third kappa shape index (κ3) is 4.37. The summed E-state index contributed by atoms with van der Waals surface area (Å²) in [5.41, 5.74) is 0.481. The van der Waals surface area contributed by atoms with Gasteiger partial charge in [-0.2, -0.15) is 0 Å². The van der Waals surface area contributed by atoms with E-state index in [1.165, 1.54) is 24.5 Å². The summed E-state index contributed by atoms with van der Waals surface area (Å²) in [4.78, 5) is 13.8. The van der Waals surface area contributed by atoms with Crippen LogP contribution in [0.4, 0.5) is 5.69 Å². The van der Waals surface area contributed by atoms with Crippen LogP contribution in [0.3, 0.4) is 0 Å². The van der Waals surface area contributed by atoms with Gasteiger partial charge >= 0.3 is 0 Å². The molecule has 1 aliphatic rings. The Hall–Kier alpha value is -2.21. The van der Waals surface area contributed by atoms with Crippen LogP contribution in [0.1, 0.15) is 23.8 Å². The van der Waals surface area contributed by atoms with Gasteiger partial charge < -0.3 is 4.42 Å². The largest absolute Gasteiger partial charge is 0.468 e. The Bertz CT molecular complexity index is 1110. The number of hydrogen-bond donors (Lipinski definition) is 1. The maximum Gasteiger partial charge on any atom is 0.242 e. The summed E-state index contributed by atoms with van der Waals surface area (Å²) in [6, 6.07) is 7.24. The molecule has 158 valence electrons. The van der Waals surface area contributed by atoms with Gasteiger partial charge in [0, 0.05) is 13.0 Å². The van der Waals surface area contributed by atoms with E-state index >= 15 is 0 Å². The molecule has 0 bridgehead atoms. The van der Waals surface area contributed by atoms with E-state index < -0.39 is 26.0 Å². The van der Waals surface area contributed by atoms with Crippen molar-refractivity contribution in [2.75, 3.05) is 30.7 Å². The Morgan fingerprint density at radius 3 is 2.52 bits per heavy atom. The van der Waals surface area contributed by atoms with E-state index in [0.717, 1.165) is 4.31 Å². The fourth-order valence-corrected chi connectivity index (χ4v) is 5.93. The lowest BCUT2D eigenvalue weighted by Crippen LogP contribution is -2.34. The van der Waals surface area contributed by atoms with Gasteiger partial charge in [0.25, 0.3) is 0 Å². The van der Waals surface area contributed by atoms with Crippen LogP contribution in [0.5, 0.6) is 0 Å². The molecule has 1 saturated heterocycles. The van der Waals surface area contributed by atoms with E-state index in [9.17, 15) is 21.6 Å². The number of furan rings is 1. The highest BCUT2D eigenvalue weighted by atomic mass is 32.2. The van der Waals surface area contributed by atoms with Gasteiger partial charge in [-0.1, -0.05) is 0 Å². The molecular weight excluding hydrogens is 418 g/mol. The Labute approximate surface area is 170 Å². The second kappa shape index (κ2) is 7.90. The van der Waals surface area contributed by atoms with Crippen molar-refractivity contribution in [2.45, 2.75) is 24.3 Å². The second-order valence-electron chi connectivity index (χ2n) is 7.02. The number of benzene rings is 1. The molecule has 0 saturated carbocycles. The average Bonchev–Trinajstić information content (AvgIpc) is 3.22. The minimum Gasteiger partial charge on any atom is -0.468 e. The standard InChI is InChI=1S/C18H23N3O6S2/c1-13-11-14(21-18(22)8-10-28(21,23)24)6-7-17(13)29(25,26)19-12-15(20(2)3)16-5-4-9-27-16/h4-7,9,11,15,19H,8,10,12H2,1-3H3. The number of likely N-dealkylation sites (N-methyl/N-ethyl adjacent to an activating group) is 1. The Kier molecular flexibility index (Phi) is 5.86. The molecule has 3 rings (SSSR count). The molecule has 29 heavy (non-hydrogen) atoms. The number of amides is 1. The molecule has 9 nitrogen and oxygen atoms in total. The summed E-state index contributed by atoms with van der Waals surface area (Å²) in [6.07, 6.45) is 1.44. The van der Waals surface area contributed by atoms with Crippen LogP contribution < -0.4 is 9.03 Å². The number of carbonyl (C=O) groups is 1. The number of hydrogen-bond acceptors (Lipinski definition) is 7. The summed E-state index contributed by atoms with van der Waals surface area (Å²) >= 11 is 0. The van der Waals surface area contributed by atoms with Gasteiger partial charge in [-0.3, -0.25) is 9.69 Å². The van der Waals surface area contributed by atoms with Crippen LogP contribution in [0.25, 0.3) is 0 Å². The normalized spacial score (nSPS) is 17.8. The first-order chi connectivity index (χ1) is 13.5. The number of sulfonamides is 2. The van der Waals surface area contributed by atoms with Crippen molar-refractivity contribution < 1.29 is 26.0 Å². The Balaban J connectivity index is 1.83. The fourth-order valence-electron chi connectivity index (χ4n) is 3.22. The van der Waals surface area contributed by atoms with Gasteiger partial charge in [-0.15, -0.1) is 0 Å². The van der Waals surface area contributed by atoms with E-state index in [-0.39, 0.29) is 35.3 Å². The summed E-state index contributed by atoms with van der Waals surface area (Å²) < 4.78 is 58.5. The minimum absolute atomic E-state index is 0.0160. The molecule has 1 aromatic heterocycles. The fraction of sp³-hybridized carbons (Fsp3) is 0.389. The number of nitrogens with zero attached hydrogens (tertiary/aromatic N) is 2. The first kappa shape index (κ1) is 21.5. The number of anilines is 1. The molecule has 2 aromatic rings. The number of aryl methyl sites for hydroxylation is 1. The van der Waals surface area contributed by atoms with Crippen molar-refractivity contribution >= 4 is 31.6 Å². The summed E-state index contributed by atoms with van der Waals surface area (Å²) in [5, 5.41) is 0. The highest BCUT2D eigenvalue weighted by Crippen LogP contribution is 2.28. The van der Waals surface area contributed by atoms with Crippen LogP contribution in [0.15, 0.2) is 45.9 Å². The molecule has 1 amide bonds. The first-order valence-electron chi connectivity index (χ1n) is 8.89. The van der Waals surface area contributed by atoms with Crippen molar-refractivity contribution in [1.29, 1.82) is 0 Å². The van der Waals surface area contributed by atoms with E-state index in [1.54, 1.807) is 19.1 Å². The predicted molar refractivity (Wildman–Crippen MR) is 107 cm³/mol. The van der Waals surface area contributed by atoms with Crippen LogP contribution in [-0.4, -0.2) is 54.0 Å². The maximum atomic E-state index is 12.8. The summed E-state index contributed by atoms with van der Waals surface area (Å²) in [6.45, 7) is 1.64. The van der Waals surface area contributed by atoms with Crippen LogP contribution in [0.2, 0.25) is 0 Å². The third-order valence-corrected chi connectivity index (χ3v) is 8.00. The monoisotopic (exact) mass is 441 g/mol. The smallest absolute Gasteiger partial charge is 0.242 e. The molecule has 1 aromatic carbocycles. The summed E-state index contributed by atoms with van der Waals surface area (Å²) in [7, 11) is -3.94. The molecule has 11 heteroatoms. The van der Waals surface area contributed by atoms with Crippen molar-refractivity contribution in [3.05, 3.63) is 47.9 Å². The quantitative estimate of drug-likeness (QED) is 0.687. The van der Waals surface area contributed by atoms with Crippen LogP contribution >= 0.6 is 0 Å². The van der Waals surface area contributed by atoms with Gasteiger partial charge in [0.2, 0.25) is 26.0 Å². The lowest BCUT2D eigenvalue weighted by Gasteiger charge is -2.23. The van der Waals surface area contributed by atoms with Crippen molar-refractivity contribution in [3.63, 3.8) is 0 Å². The molecule has 0 radical (unpaired) electrons. The molecular formula is C18H23N3O6S2. The SMILES string of the molecule is Cc1cc(N2C(=O)CCS2(=O)=O)ccc1S(=O)(=O)NCC(c1ccco1)N(C)C. The molecule has 2 heterocycles. The number of carbonyl (C=O) groups excluding carboxylic acids is 1. The summed E-state index contributed by atoms with van der Waals surface area (Å²) in [5.74, 6) is -0.140. The maximum absolute atomic E-state index is 12.8. The predicted octanol–water partition coefficient (Wildman–Crippen LogP) is 1.24. The Morgan fingerprint density at radius 2 is 2.00 bits per heavy atom. The lowest BCUT2D eigenvalue weighted by atomic mass is 10.2. The van der Waals surface area contributed by atoms with E-state index in [4.69, 9.17) is 4.42 Å². The van der Waals surface area contributed by atoms with Crippen molar-refractivity contribution in [1.82, 2.24) is 9.62 Å². The third-order valence-electron chi connectivity index (χ3n) is 4.72. The van der Waals surface area contributed by atoms with E-state index in [0.29, 0.717) is 11.3 Å². The Morgan fingerprint density at radius 1 is 1.28 bits per heavy atom. The van der Waals surface area contributed by atoms with Gasteiger partial charge in [0.1, 0.15) is 5.76 Å². The van der Waals surface area contributed by atoms with Crippen LogP contribution in [-0.2, 0) is 24.8 Å². The average molecular weight is 442 g/mol. The molecule has 1 fully saturated rings. The molecule has 1 N–H and O–H groups in total. The zero-order valence-corrected chi connectivity index (χ0v) is 18.0. The highest BCUT2D eigenvalue weighted by Gasteiger charge is 2.36. The zero-order chi connectivity index (χ0) is 21.4. The van der Waals surface area contributed by atoms with Crippen LogP contribution in [0, 0.1) is 6.92 Å². The topological polar surface area (TPSA) is 117 Å². The van der Waals surface area contributed by atoms with Gasteiger partial charge in [0.05, 0.1) is 28.6 Å². The van der Waals surface area contributed by atoms with Gasteiger partial charge in [-0.05, 0) is 56.9 Å². The van der Waals surface area contributed by atoms with Gasteiger partial charge in [-0.25, -0.2) is 25.9 Å².